The number of esters is 2. The second-order valence-corrected chi connectivity index (χ2v) is 9.84. The normalized spacial score (nSPS) is 10.2. The minimum atomic E-state index is -0.720. The predicted molar refractivity (Wildman–Crippen MR) is 175 cm³/mol. The molecule has 44 heavy (non-hydrogen) atoms. The molecule has 0 unspecified atom stereocenters. The van der Waals surface area contributed by atoms with E-state index in [0.29, 0.717) is 16.8 Å². The fraction of sp³-hybridized carbons (Fsp3) is 0.235. The highest BCUT2D eigenvalue weighted by Gasteiger charge is 2.22. The van der Waals surface area contributed by atoms with Crippen LogP contribution in [-0.4, -0.2) is 58.3 Å². The number of carbonyl (C=O) groups excluding carboxylic acids is 2. The first kappa shape index (κ1) is 33.1. The van der Waals surface area contributed by atoms with Crippen molar-refractivity contribution in [3.05, 3.63) is 106 Å². The van der Waals surface area contributed by atoms with E-state index in [4.69, 9.17) is 10.5 Å². The van der Waals surface area contributed by atoms with Crippen LogP contribution in [0, 0.1) is 10.1 Å². The van der Waals surface area contributed by atoms with Crippen LogP contribution in [0.15, 0.2) is 84.9 Å². The Morgan fingerprint density at radius 2 is 1.16 bits per heavy atom. The number of ether oxygens (including phenoxy) is 2. The zero-order chi connectivity index (χ0) is 32.4. The van der Waals surface area contributed by atoms with Gasteiger partial charge in [0.2, 0.25) is 0 Å². The molecule has 0 aliphatic carbocycles. The lowest BCUT2D eigenvalue weighted by atomic mass is 10.00. The fourth-order valence-corrected chi connectivity index (χ4v) is 4.60. The summed E-state index contributed by atoms with van der Waals surface area (Å²) < 4.78 is 9.32. The molecular weight excluding hydrogens is 560 g/mol. The van der Waals surface area contributed by atoms with E-state index in [1.165, 1.54) is 26.4 Å². The van der Waals surface area contributed by atoms with Gasteiger partial charge in [-0.25, -0.2) is 9.59 Å². The van der Waals surface area contributed by atoms with E-state index < -0.39 is 16.9 Å². The van der Waals surface area contributed by atoms with Crippen LogP contribution in [0.25, 0.3) is 22.3 Å². The van der Waals surface area contributed by atoms with Gasteiger partial charge in [0.15, 0.2) is 0 Å². The summed E-state index contributed by atoms with van der Waals surface area (Å²) in [5.74, 6) is -1.14. The smallest absolute Gasteiger partial charge is 0.344 e. The van der Waals surface area contributed by atoms with Gasteiger partial charge >= 0.3 is 11.9 Å². The predicted octanol–water partition coefficient (Wildman–Crippen LogP) is 6.68. The van der Waals surface area contributed by atoms with Crippen LogP contribution in [0.2, 0.25) is 0 Å². The lowest BCUT2D eigenvalue weighted by Gasteiger charge is -2.21. The fourth-order valence-electron chi connectivity index (χ4n) is 4.60. The number of hydrogen-bond acceptors (Lipinski definition) is 9. The second-order valence-electron chi connectivity index (χ2n) is 9.84. The van der Waals surface area contributed by atoms with Gasteiger partial charge in [-0.3, -0.25) is 10.1 Å². The molecule has 10 nitrogen and oxygen atoms in total. The van der Waals surface area contributed by atoms with Crippen LogP contribution in [-0.2, 0) is 9.47 Å². The molecule has 0 amide bonds. The van der Waals surface area contributed by atoms with Crippen molar-refractivity contribution in [3.8, 4) is 22.3 Å². The summed E-state index contributed by atoms with van der Waals surface area (Å²) in [4.78, 5) is 38.2. The number of nitro benzene ring substituents is 1. The number of nitrogen functional groups attached to an aromatic ring is 1. The molecule has 0 saturated carbocycles. The molecule has 0 bridgehead atoms. The summed E-state index contributed by atoms with van der Waals surface area (Å²) in [6.45, 7) is 5.84. The molecule has 0 aliphatic rings. The molecule has 0 radical (unpaired) electrons. The summed E-state index contributed by atoms with van der Waals surface area (Å²) in [6.07, 6.45) is 0. The number of para-hydroxylation sites is 2. The summed E-state index contributed by atoms with van der Waals surface area (Å²) in [5.41, 5.74) is 12.2. The van der Waals surface area contributed by atoms with Crippen LogP contribution >= 0.6 is 0 Å². The molecule has 0 aromatic heterocycles. The van der Waals surface area contributed by atoms with E-state index in [1.807, 2.05) is 75.6 Å². The molecule has 0 aliphatic heterocycles. The average molecular weight is 599 g/mol. The Balaban J connectivity index is 0.000000241. The van der Waals surface area contributed by atoms with Crippen molar-refractivity contribution < 1.29 is 24.0 Å². The molecule has 0 saturated heterocycles. The minimum Gasteiger partial charge on any atom is -0.465 e. The molecule has 4 aromatic carbocycles. The molecule has 4 rings (SSSR count). The number of anilines is 3. The molecule has 10 heteroatoms. The third-order valence-electron chi connectivity index (χ3n) is 7.26. The summed E-state index contributed by atoms with van der Waals surface area (Å²) in [6, 6.07) is 25.7. The van der Waals surface area contributed by atoms with Gasteiger partial charge in [-0.2, -0.15) is 0 Å². The highest BCUT2D eigenvalue weighted by atomic mass is 16.6. The van der Waals surface area contributed by atoms with Gasteiger partial charge < -0.3 is 25.0 Å². The van der Waals surface area contributed by atoms with E-state index in [9.17, 15) is 19.7 Å². The van der Waals surface area contributed by atoms with Gasteiger partial charge in [-0.15, -0.1) is 0 Å². The van der Waals surface area contributed by atoms with Gasteiger partial charge in [0.25, 0.3) is 5.69 Å². The molecule has 0 atom stereocenters. The van der Waals surface area contributed by atoms with Crippen LogP contribution in [0.3, 0.4) is 0 Å². The minimum absolute atomic E-state index is 0.0532. The van der Waals surface area contributed by atoms with Crippen molar-refractivity contribution in [3.63, 3.8) is 0 Å². The molecule has 230 valence electrons. The second kappa shape index (κ2) is 15.2. The first-order valence-electron chi connectivity index (χ1n) is 14.0. The van der Waals surface area contributed by atoms with Crippen LogP contribution < -0.4 is 15.5 Å². The van der Waals surface area contributed by atoms with Crippen molar-refractivity contribution in [2.45, 2.75) is 13.8 Å². The first-order valence-corrected chi connectivity index (χ1v) is 14.0. The number of carbonyl (C=O) groups is 2. The molecule has 4 aromatic rings. The van der Waals surface area contributed by atoms with Crippen molar-refractivity contribution >= 4 is 34.7 Å². The van der Waals surface area contributed by atoms with Gasteiger partial charge in [-0.1, -0.05) is 48.5 Å². The third-order valence-corrected chi connectivity index (χ3v) is 7.26. The lowest BCUT2D eigenvalue weighted by molar-refractivity contribution is -0.385. The maximum atomic E-state index is 11.7. The Morgan fingerprint density at radius 3 is 1.59 bits per heavy atom. The first-order chi connectivity index (χ1) is 21.1. The Labute approximate surface area is 257 Å². The van der Waals surface area contributed by atoms with E-state index in [-0.39, 0.29) is 11.3 Å². The summed E-state index contributed by atoms with van der Waals surface area (Å²) in [5, 5.41) is 11.3. The zero-order valence-electron chi connectivity index (χ0n) is 25.9. The number of hydrogen-bond donors (Lipinski definition) is 1. The van der Waals surface area contributed by atoms with Gasteiger partial charge in [0.05, 0.1) is 24.7 Å². The molecular formula is C34H38N4O6. The number of methoxy groups -OCH3 is 2. The largest absolute Gasteiger partial charge is 0.465 e. The summed E-state index contributed by atoms with van der Waals surface area (Å²) >= 11 is 0. The highest BCUT2D eigenvalue weighted by molar-refractivity contribution is 5.97. The Morgan fingerprint density at radius 1 is 0.727 bits per heavy atom. The third kappa shape index (κ3) is 7.52. The van der Waals surface area contributed by atoms with Crippen molar-refractivity contribution in [1.29, 1.82) is 0 Å². The maximum absolute atomic E-state index is 11.7. The average Bonchev–Trinajstić information content (AvgIpc) is 3.06. The number of benzene rings is 4. The lowest BCUT2D eigenvalue weighted by Crippen LogP contribution is -2.16. The van der Waals surface area contributed by atoms with E-state index in [1.54, 1.807) is 12.1 Å². The van der Waals surface area contributed by atoms with Gasteiger partial charge in [0, 0.05) is 61.4 Å². The summed E-state index contributed by atoms with van der Waals surface area (Å²) in [7, 11) is 6.55. The number of nitrogens with two attached hydrogens (primary N) is 1. The van der Waals surface area contributed by atoms with Crippen molar-refractivity contribution in [2.75, 3.05) is 56.9 Å². The zero-order valence-corrected chi connectivity index (χ0v) is 25.9. The Hall–Kier alpha value is -5.38. The number of rotatable bonds is 9. The van der Waals surface area contributed by atoms with Crippen LogP contribution in [0.1, 0.15) is 34.6 Å². The standard InChI is InChI=1S/C17H18N2O4.C17H20N2O2/c1-4-18(2)15-8-6-5-7-13(15)12-9-10-14(17(20)23-3)16(11-12)19(21)22;1-4-19(2)16-8-6-5-7-13(16)12-9-10-14(15(18)11-12)17(20)21-3/h5-11H,4H2,1-3H3;5-11H,4,18H2,1-3H3. The van der Waals surface area contributed by atoms with E-state index >= 15 is 0 Å². The maximum Gasteiger partial charge on any atom is 0.344 e. The number of nitrogens with zero attached hydrogens (tertiary/aromatic N) is 3. The number of nitro groups is 1. The Kier molecular flexibility index (Phi) is 11.4. The topological polar surface area (TPSA) is 128 Å². The van der Waals surface area contributed by atoms with Crippen molar-refractivity contribution in [2.24, 2.45) is 0 Å². The Bertz CT molecular complexity index is 1640. The monoisotopic (exact) mass is 598 g/mol. The van der Waals surface area contributed by atoms with Gasteiger partial charge in [-0.05, 0) is 55.3 Å². The SMILES string of the molecule is CCN(C)c1ccccc1-c1ccc(C(=O)OC)c(N)c1.CCN(C)c1ccccc1-c1ccc(C(=O)OC)c([N+](=O)[O-])c1. The van der Waals surface area contributed by atoms with Crippen molar-refractivity contribution in [1.82, 2.24) is 0 Å². The van der Waals surface area contributed by atoms with Gasteiger partial charge in [0.1, 0.15) is 5.56 Å². The van der Waals surface area contributed by atoms with Crippen LogP contribution in [0.5, 0.6) is 0 Å². The van der Waals surface area contributed by atoms with Crippen LogP contribution in [0.4, 0.5) is 22.7 Å². The van der Waals surface area contributed by atoms with E-state index in [0.717, 1.165) is 41.2 Å². The quantitative estimate of drug-likeness (QED) is 0.0970. The van der Waals surface area contributed by atoms with E-state index in [2.05, 4.69) is 27.5 Å². The molecule has 2 N–H and O–H groups in total. The molecule has 0 fully saturated rings. The molecule has 0 heterocycles. The highest BCUT2D eigenvalue weighted by Crippen LogP contribution is 2.34. The molecule has 0 spiro atoms.